The van der Waals surface area contributed by atoms with E-state index in [0.717, 1.165) is 5.69 Å². The lowest BCUT2D eigenvalue weighted by Crippen LogP contribution is -2.19. The minimum absolute atomic E-state index is 0.0755. The number of hydrogen-bond acceptors (Lipinski definition) is 8. The predicted molar refractivity (Wildman–Crippen MR) is 180 cm³/mol. The largest absolute Gasteiger partial charge is 0.429 e. The molecule has 240 valence electrons. The van der Waals surface area contributed by atoms with Crippen LogP contribution in [0.25, 0.3) is 0 Å². The van der Waals surface area contributed by atoms with E-state index < -0.39 is 0 Å². The molecule has 10 nitrogen and oxygen atoms in total. The zero-order chi connectivity index (χ0) is 34.2. The fourth-order valence-corrected chi connectivity index (χ4v) is 3.70. The summed E-state index contributed by atoms with van der Waals surface area (Å²) in [5, 5.41) is 13.8. The van der Waals surface area contributed by atoms with Crippen LogP contribution in [0.5, 0.6) is 17.2 Å². The number of anilines is 3. The summed E-state index contributed by atoms with van der Waals surface area (Å²) in [6.45, 7) is 13.6. The Morgan fingerprint density at radius 2 is 0.978 bits per heavy atom. The van der Waals surface area contributed by atoms with Gasteiger partial charge in [-0.15, -0.1) is 5.26 Å². The minimum atomic E-state index is -0.336. The van der Waals surface area contributed by atoms with E-state index in [1.165, 1.54) is 11.1 Å². The van der Waals surface area contributed by atoms with Gasteiger partial charge < -0.3 is 30.6 Å². The third-order valence-electron chi connectivity index (χ3n) is 6.25. The van der Waals surface area contributed by atoms with E-state index in [4.69, 9.17) is 15.7 Å². The highest BCUT2D eigenvalue weighted by Crippen LogP contribution is 2.25. The highest BCUT2D eigenvalue weighted by Gasteiger charge is 2.14. The van der Waals surface area contributed by atoms with Gasteiger partial charge in [0.1, 0.15) is 17.2 Å². The Balaban J connectivity index is 0.000000269. The number of nitrogens with zero attached hydrogens (tertiary/aromatic N) is 1. The monoisotopic (exact) mass is 624 g/mol. The fraction of sp³-hybridized carbons (Fsp3) is 0.222. The van der Waals surface area contributed by atoms with Crippen LogP contribution in [0.4, 0.5) is 21.9 Å². The molecule has 10 heteroatoms. The van der Waals surface area contributed by atoms with E-state index in [9.17, 15) is 14.4 Å². The van der Waals surface area contributed by atoms with E-state index in [2.05, 4.69) is 61.6 Å². The number of rotatable bonds is 7. The highest BCUT2D eigenvalue weighted by atomic mass is 16.5. The summed E-state index contributed by atoms with van der Waals surface area (Å²) >= 11 is 0. The van der Waals surface area contributed by atoms with Gasteiger partial charge in [-0.25, -0.2) is 4.79 Å². The van der Waals surface area contributed by atoms with Gasteiger partial charge in [-0.2, -0.15) is 0 Å². The molecule has 0 saturated heterocycles. The van der Waals surface area contributed by atoms with E-state index in [1.807, 2.05) is 48.5 Å². The standard InChI is InChI=1S/C18H20N2O3.C11H13NO.C7H7NO2/c1-18(2,3)13-4-6-14(7-5-13)19-17(22)20-15-8-10-16(11-9-15)23-12-21;1-11(2,3)9-4-6-10(7-5-9)13-8-12;8-6-1-3-7(4-2-6)10-5-9/h4-12H,1-3H3,(H2,19,20,22);4-7H,1-3H3;1-5H,8H2. The molecule has 0 aliphatic heterocycles. The normalized spacial score (nSPS) is 10.3. The van der Waals surface area contributed by atoms with Crippen molar-refractivity contribution in [1.82, 2.24) is 0 Å². The van der Waals surface area contributed by atoms with Crippen LogP contribution in [0.15, 0.2) is 97.1 Å². The second-order valence-corrected chi connectivity index (χ2v) is 11.9. The smallest absolute Gasteiger partial charge is 0.323 e. The quantitative estimate of drug-likeness (QED) is 0.107. The van der Waals surface area contributed by atoms with Crippen LogP contribution in [0.2, 0.25) is 0 Å². The van der Waals surface area contributed by atoms with Gasteiger partial charge in [-0.05, 0) is 94.8 Å². The number of nitrogens with two attached hydrogens (primary N) is 1. The topological polar surface area (TPSA) is 153 Å². The second kappa shape index (κ2) is 17.5. The molecule has 46 heavy (non-hydrogen) atoms. The summed E-state index contributed by atoms with van der Waals surface area (Å²) in [6.07, 6.45) is 1.64. The average molecular weight is 625 g/mol. The minimum Gasteiger partial charge on any atom is -0.429 e. The lowest BCUT2D eigenvalue weighted by atomic mass is 9.87. The zero-order valence-corrected chi connectivity index (χ0v) is 26.9. The molecule has 0 aromatic heterocycles. The average Bonchev–Trinajstić information content (AvgIpc) is 3.00. The molecular formula is C36H40N4O6. The number of amides is 2. The first kappa shape index (κ1) is 36.4. The van der Waals surface area contributed by atoms with Crippen LogP contribution in [-0.2, 0) is 20.4 Å². The summed E-state index contributed by atoms with van der Waals surface area (Å²) in [4.78, 5) is 32.0. The molecular weight excluding hydrogens is 584 g/mol. The van der Waals surface area contributed by atoms with Crippen LogP contribution >= 0.6 is 0 Å². The third kappa shape index (κ3) is 13.2. The van der Waals surface area contributed by atoms with E-state index in [-0.39, 0.29) is 16.9 Å². The molecule has 4 aromatic rings. The number of hydrogen-bond donors (Lipinski definition) is 3. The Morgan fingerprint density at radius 3 is 1.35 bits per heavy atom. The number of urea groups is 1. The van der Waals surface area contributed by atoms with Crippen molar-refractivity contribution in [2.24, 2.45) is 0 Å². The van der Waals surface area contributed by atoms with Gasteiger partial charge >= 0.3 is 6.03 Å². The maximum atomic E-state index is 12.0. The van der Waals surface area contributed by atoms with Crippen molar-refractivity contribution >= 4 is 36.0 Å². The Labute approximate surface area is 270 Å². The van der Waals surface area contributed by atoms with Crippen molar-refractivity contribution < 1.29 is 28.6 Å². The molecule has 4 N–H and O–H groups in total. The first-order chi connectivity index (χ1) is 21.7. The molecule has 0 radical (unpaired) electrons. The summed E-state index contributed by atoms with van der Waals surface area (Å²) in [5.74, 6) is 1.52. The molecule has 0 heterocycles. The number of carbonyl (C=O) groups excluding carboxylic acids is 3. The van der Waals surface area contributed by atoms with Crippen LogP contribution in [-0.4, -0.2) is 19.0 Å². The fourth-order valence-electron chi connectivity index (χ4n) is 3.70. The lowest BCUT2D eigenvalue weighted by molar-refractivity contribution is -0.121. The van der Waals surface area contributed by atoms with Gasteiger partial charge in [0.2, 0.25) is 0 Å². The second-order valence-electron chi connectivity index (χ2n) is 11.9. The SMILES string of the molecule is CC(C)(C)c1ccc(NC(=O)Nc2ccc(OC=O)cc2)cc1.CC(C)(C)c1ccc(OC#N)cc1.Nc1ccc(OC=O)cc1. The van der Waals surface area contributed by atoms with Crippen LogP contribution in [0, 0.1) is 11.5 Å². The van der Waals surface area contributed by atoms with Crippen molar-refractivity contribution in [3.63, 3.8) is 0 Å². The van der Waals surface area contributed by atoms with Crippen molar-refractivity contribution in [3.8, 4) is 23.5 Å². The zero-order valence-electron chi connectivity index (χ0n) is 26.9. The lowest BCUT2D eigenvalue weighted by Gasteiger charge is -2.19. The van der Waals surface area contributed by atoms with E-state index in [0.29, 0.717) is 41.6 Å². The Kier molecular flexibility index (Phi) is 13.8. The highest BCUT2D eigenvalue weighted by molar-refractivity contribution is 5.99. The van der Waals surface area contributed by atoms with E-state index in [1.54, 1.807) is 54.8 Å². The van der Waals surface area contributed by atoms with Gasteiger partial charge in [-0.3, -0.25) is 9.59 Å². The molecule has 4 aromatic carbocycles. The number of carbonyl (C=O) groups is 3. The van der Waals surface area contributed by atoms with E-state index >= 15 is 0 Å². The third-order valence-corrected chi connectivity index (χ3v) is 6.25. The maximum Gasteiger partial charge on any atom is 0.323 e. The van der Waals surface area contributed by atoms with Crippen molar-refractivity contribution in [3.05, 3.63) is 108 Å². The summed E-state index contributed by atoms with van der Waals surface area (Å²) in [7, 11) is 0. The van der Waals surface area contributed by atoms with Gasteiger partial charge in [0.25, 0.3) is 19.2 Å². The summed E-state index contributed by atoms with van der Waals surface area (Å²) < 4.78 is 13.9. The molecule has 0 unspecified atom stereocenters. The Morgan fingerprint density at radius 1 is 0.630 bits per heavy atom. The Bertz CT molecular complexity index is 1570. The molecule has 0 bridgehead atoms. The molecule has 0 saturated carbocycles. The number of nitrogen functional groups attached to an aromatic ring is 1. The molecule has 4 rings (SSSR count). The molecule has 0 spiro atoms. The molecule has 0 fully saturated rings. The predicted octanol–water partition coefficient (Wildman–Crippen LogP) is 7.81. The van der Waals surface area contributed by atoms with Crippen LogP contribution < -0.4 is 30.6 Å². The number of nitriles is 1. The first-order valence-corrected chi connectivity index (χ1v) is 14.3. The number of benzene rings is 4. The van der Waals surface area contributed by atoms with Crippen molar-refractivity contribution in [1.29, 1.82) is 5.26 Å². The maximum absolute atomic E-state index is 12.0. The van der Waals surface area contributed by atoms with Crippen molar-refractivity contribution in [2.75, 3.05) is 16.4 Å². The Hall–Kier alpha value is -5.82. The van der Waals surface area contributed by atoms with Crippen LogP contribution in [0.3, 0.4) is 0 Å². The molecule has 2 amide bonds. The molecule has 0 aliphatic rings. The number of ether oxygens (including phenoxy) is 3. The number of nitrogens with one attached hydrogen (secondary N) is 2. The molecule has 0 atom stereocenters. The van der Waals surface area contributed by atoms with Gasteiger partial charge in [-0.1, -0.05) is 65.8 Å². The van der Waals surface area contributed by atoms with Gasteiger partial charge in [0, 0.05) is 17.1 Å². The summed E-state index contributed by atoms with van der Waals surface area (Å²) in [6, 6.07) is 28.1. The first-order valence-electron chi connectivity index (χ1n) is 14.3. The molecule has 0 aliphatic carbocycles. The summed E-state index contributed by atoms with van der Waals surface area (Å²) in [5.41, 5.74) is 10.0. The van der Waals surface area contributed by atoms with Crippen molar-refractivity contribution in [2.45, 2.75) is 52.4 Å². The van der Waals surface area contributed by atoms with Crippen LogP contribution in [0.1, 0.15) is 52.7 Å². The van der Waals surface area contributed by atoms with Gasteiger partial charge in [0.15, 0.2) is 0 Å². The van der Waals surface area contributed by atoms with Gasteiger partial charge in [0.05, 0.1) is 0 Å².